The predicted molar refractivity (Wildman–Crippen MR) is 119 cm³/mol. The number of rotatable bonds is 8. The van der Waals surface area contributed by atoms with Gasteiger partial charge in [0.1, 0.15) is 17.9 Å². The van der Waals surface area contributed by atoms with Crippen LogP contribution in [0.4, 0.5) is 19.3 Å². The number of carbonyl (C=O) groups excluding carboxylic acids is 1. The van der Waals surface area contributed by atoms with Crippen molar-refractivity contribution in [1.29, 1.82) is 0 Å². The molecule has 7 nitrogen and oxygen atoms in total. The van der Waals surface area contributed by atoms with Gasteiger partial charge in [0.2, 0.25) is 0 Å². The number of carbonyl (C=O) groups is 1. The van der Waals surface area contributed by atoms with Crippen molar-refractivity contribution < 1.29 is 23.0 Å². The van der Waals surface area contributed by atoms with E-state index in [4.69, 9.17) is 4.74 Å². The highest BCUT2D eigenvalue weighted by atomic mass is 19.3. The molecule has 2 aromatic carbocycles. The molecule has 33 heavy (non-hydrogen) atoms. The van der Waals surface area contributed by atoms with Crippen LogP contribution in [0.25, 0.3) is 10.9 Å². The van der Waals surface area contributed by atoms with Crippen molar-refractivity contribution in [2.24, 2.45) is 0 Å². The molecule has 4 aromatic rings. The number of alkyl halides is 2. The van der Waals surface area contributed by atoms with Gasteiger partial charge in [0.25, 0.3) is 0 Å². The Hall–Kier alpha value is -4.27. The van der Waals surface area contributed by atoms with Gasteiger partial charge in [-0.2, -0.15) is 8.78 Å². The first-order valence-electron chi connectivity index (χ1n) is 10.1. The molecule has 0 aliphatic heterocycles. The van der Waals surface area contributed by atoms with Crippen molar-refractivity contribution in [2.45, 2.75) is 19.8 Å². The molecule has 0 aliphatic carbocycles. The quantitative estimate of drug-likeness (QED) is 0.389. The molecule has 0 aliphatic rings. The van der Waals surface area contributed by atoms with Gasteiger partial charge in [0.05, 0.1) is 5.69 Å². The molecule has 2 aromatic heterocycles. The average Bonchev–Trinajstić information content (AvgIpc) is 2.84. The molecule has 0 fully saturated rings. The molecule has 168 valence electrons. The van der Waals surface area contributed by atoms with E-state index in [2.05, 4.69) is 25.3 Å². The molecule has 2 amide bonds. The maximum absolute atomic E-state index is 12.6. The Bertz CT molecular complexity index is 1220. The van der Waals surface area contributed by atoms with E-state index in [9.17, 15) is 13.6 Å². The van der Waals surface area contributed by atoms with E-state index in [1.54, 1.807) is 24.5 Å². The standard InChI is InChI=1S/C24H20F2N4O3/c25-23(26)33-21-10-9-20(19-4-2-12-28-22(19)21)30-24(31)29-14-16-5-7-18(8-6-16)32-15-17-3-1-11-27-13-17/h1-13,23H,14-15H2,(H2,29,30,31). The smallest absolute Gasteiger partial charge is 0.387 e. The Morgan fingerprint density at radius 3 is 2.55 bits per heavy atom. The summed E-state index contributed by atoms with van der Waals surface area (Å²) in [7, 11) is 0. The number of anilines is 1. The van der Waals surface area contributed by atoms with Gasteiger partial charge in [0.15, 0.2) is 5.75 Å². The van der Waals surface area contributed by atoms with Crippen molar-refractivity contribution in [3.05, 3.63) is 90.4 Å². The number of nitrogens with one attached hydrogen (secondary N) is 2. The minimum absolute atomic E-state index is 0.0580. The van der Waals surface area contributed by atoms with Crippen molar-refractivity contribution >= 4 is 22.6 Å². The number of benzene rings is 2. The summed E-state index contributed by atoms with van der Waals surface area (Å²) in [5.74, 6) is 0.648. The Morgan fingerprint density at radius 2 is 1.79 bits per heavy atom. The summed E-state index contributed by atoms with van der Waals surface area (Å²) in [5.41, 5.74) is 2.51. The van der Waals surface area contributed by atoms with Gasteiger partial charge >= 0.3 is 12.6 Å². The Morgan fingerprint density at radius 1 is 0.970 bits per heavy atom. The summed E-state index contributed by atoms with van der Waals surface area (Å²) < 4.78 is 35.5. The van der Waals surface area contributed by atoms with Crippen molar-refractivity contribution in [3.63, 3.8) is 0 Å². The maximum Gasteiger partial charge on any atom is 0.387 e. The van der Waals surface area contributed by atoms with Crippen LogP contribution in [0.2, 0.25) is 0 Å². The first-order chi connectivity index (χ1) is 16.1. The molecule has 2 heterocycles. The number of halogens is 2. The predicted octanol–water partition coefficient (Wildman–Crippen LogP) is 5.13. The lowest BCUT2D eigenvalue weighted by atomic mass is 10.1. The zero-order valence-corrected chi connectivity index (χ0v) is 17.4. The second-order valence-electron chi connectivity index (χ2n) is 6.99. The van der Waals surface area contributed by atoms with E-state index in [1.807, 2.05) is 36.4 Å². The maximum atomic E-state index is 12.6. The summed E-state index contributed by atoms with van der Waals surface area (Å²) >= 11 is 0. The highest BCUT2D eigenvalue weighted by Gasteiger charge is 2.13. The first-order valence-corrected chi connectivity index (χ1v) is 10.1. The molecule has 0 atom stereocenters. The molecule has 9 heteroatoms. The third kappa shape index (κ3) is 5.91. The van der Waals surface area contributed by atoms with Crippen LogP contribution >= 0.6 is 0 Å². The first kappa shape index (κ1) is 21.9. The Labute approximate surface area is 188 Å². The van der Waals surface area contributed by atoms with Gasteiger partial charge in [0, 0.05) is 36.1 Å². The summed E-state index contributed by atoms with van der Waals surface area (Å²) in [6.07, 6.45) is 4.92. The zero-order chi connectivity index (χ0) is 23.0. The van der Waals surface area contributed by atoms with Gasteiger partial charge in [-0.3, -0.25) is 9.97 Å². The highest BCUT2D eigenvalue weighted by molar-refractivity contribution is 6.02. The SMILES string of the molecule is O=C(NCc1ccc(OCc2cccnc2)cc1)Nc1ccc(OC(F)F)c2ncccc12. The third-order valence-corrected chi connectivity index (χ3v) is 4.70. The molecule has 0 spiro atoms. The number of nitrogens with zero attached hydrogens (tertiary/aromatic N) is 2. The van der Waals surface area contributed by atoms with Gasteiger partial charge < -0.3 is 20.1 Å². The minimum Gasteiger partial charge on any atom is -0.489 e. The molecular weight excluding hydrogens is 430 g/mol. The van der Waals surface area contributed by atoms with E-state index in [1.165, 1.54) is 18.3 Å². The lowest BCUT2D eigenvalue weighted by molar-refractivity contribution is -0.0489. The van der Waals surface area contributed by atoms with Crippen LogP contribution in [0.15, 0.2) is 79.3 Å². The fraction of sp³-hybridized carbons (Fsp3) is 0.125. The van der Waals surface area contributed by atoms with Crippen LogP contribution in [-0.4, -0.2) is 22.6 Å². The fourth-order valence-electron chi connectivity index (χ4n) is 3.15. The number of urea groups is 1. The zero-order valence-electron chi connectivity index (χ0n) is 17.4. The molecule has 4 rings (SSSR count). The van der Waals surface area contributed by atoms with Crippen molar-refractivity contribution in [1.82, 2.24) is 15.3 Å². The van der Waals surface area contributed by atoms with Gasteiger partial charge in [-0.1, -0.05) is 18.2 Å². The van der Waals surface area contributed by atoms with E-state index >= 15 is 0 Å². The van der Waals surface area contributed by atoms with Crippen LogP contribution < -0.4 is 20.1 Å². The van der Waals surface area contributed by atoms with E-state index in [-0.39, 0.29) is 17.8 Å². The van der Waals surface area contributed by atoms with Gasteiger partial charge in [-0.25, -0.2) is 4.79 Å². The van der Waals surface area contributed by atoms with E-state index < -0.39 is 12.6 Å². The summed E-state index contributed by atoms with van der Waals surface area (Å²) in [6, 6.07) is 16.9. The number of hydrogen-bond acceptors (Lipinski definition) is 5. The number of amides is 2. The number of ether oxygens (including phenoxy) is 2. The van der Waals surface area contributed by atoms with Crippen LogP contribution in [0.5, 0.6) is 11.5 Å². The second kappa shape index (κ2) is 10.4. The summed E-state index contributed by atoms with van der Waals surface area (Å²) in [6.45, 7) is -2.26. The van der Waals surface area contributed by atoms with Gasteiger partial charge in [-0.15, -0.1) is 0 Å². The monoisotopic (exact) mass is 450 g/mol. The lowest BCUT2D eigenvalue weighted by Gasteiger charge is -2.13. The molecule has 0 saturated heterocycles. The topological polar surface area (TPSA) is 85.4 Å². The van der Waals surface area contributed by atoms with Crippen LogP contribution in [-0.2, 0) is 13.2 Å². The largest absolute Gasteiger partial charge is 0.489 e. The highest BCUT2D eigenvalue weighted by Crippen LogP contribution is 2.30. The van der Waals surface area contributed by atoms with E-state index in [0.29, 0.717) is 23.4 Å². The molecule has 2 N–H and O–H groups in total. The molecule has 0 saturated carbocycles. The Balaban J connectivity index is 1.33. The normalized spacial score (nSPS) is 10.8. The summed E-state index contributed by atoms with van der Waals surface area (Å²) in [5, 5.41) is 5.97. The number of pyridine rings is 2. The van der Waals surface area contributed by atoms with Crippen LogP contribution in [0.3, 0.4) is 0 Å². The molecular formula is C24H20F2N4O3. The van der Waals surface area contributed by atoms with Crippen LogP contribution in [0, 0.1) is 0 Å². The average molecular weight is 450 g/mol. The number of hydrogen-bond donors (Lipinski definition) is 2. The van der Waals surface area contributed by atoms with Crippen LogP contribution in [0.1, 0.15) is 11.1 Å². The van der Waals surface area contributed by atoms with E-state index in [0.717, 1.165) is 11.1 Å². The van der Waals surface area contributed by atoms with Crippen molar-refractivity contribution in [2.75, 3.05) is 5.32 Å². The Kier molecular flexibility index (Phi) is 6.89. The second-order valence-corrected chi connectivity index (χ2v) is 6.99. The van der Waals surface area contributed by atoms with Gasteiger partial charge in [-0.05, 0) is 48.0 Å². The van der Waals surface area contributed by atoms with Crippen molar-refractivity contribution in [3.8, 4) is 11.5 Å². The number of aromatic nitrogens is 2. The fourth-order valence-corrected chi connectivity index (χ4v) is 3.15. The molecule has 0 bridgehead atoms. The third-order valence-electron chi connectivity index (χ3n) is 4.70. The molecule has 0 unspecified atom stereocenters. The molecule has 0 radical (unpaired) electrons. The minimum atomic E-state index is -2.97. The lowest BCUT2D eigenvalue weighted by Crippen LogP contribution is -2.28. The summed E-state index contributed by atoms with van der Waals surface area (Å²) in [4.78, 5) is 20.5. The number of fused-ring (bicyclic) bond motifs is 1.